The second-order valence-corrected chi connectivity index (χ2v) is 2.46. The van der Waals surface area contributed by atoms with Gasteiger partial charge in [-0.3, -0.25) is 0 Å². The van der Waals surface area contributed by atoms with Crippen molar-refractivity contribution in [3.8, 4) is 0 Å². The lowest BCUT2D eigenvalue weighted by atomic mass is 10.2. The first kappa shape index (κ1) is 8.59. The Labute approximate surface area is 72.0 Å². The van der Waals surface area contributed by atoms with Crippen LogP contribution in [0.2, 0.25) is 0 Å². The zero-order valence-electron chi connectivity index (χ0n) is 6.85. The maximum atomic E-state index is 8.36. The lowest BCUT2D eigenvalue weighted by Gasteiger charge is -2.23. The highest BCUT2D eigenvalue weighted by Crippen LogP contribution is 2.06. The predicted molar refractivity (Wildman–Crippen MR) is 49.3 cm³/mol. The Kier molecular flexibility index (Phi) is 3.14. The average molecular weight is 164 g/mol. The molecular formula is C9H12N2O. The Morgan fingerprint density at radius 2 is 2.58 bits per heavy atom. The molecule has 0 aromatic rings. The van der Waals surface area contributed by atoms with Crippen molar-refractivity contribution in [1.29, 1.82) is 0 Å². The minimum atomic E-state index is 0.766. The van der Waals surface area contributed by atoms with Crippen LogP contribution in [0.25, 0.3) is 0 Å². The fraction of sp³-hybridized carbons (Fsp3) is 0.222. The van der Waals surface area contributed by atoms with E-state index in [1.165, 1.54) is 6.21 Å². The van der Waals surface area contributed by atoms with Gasteiger partial charge in [0.05, 0.1) is 11.9 Å². The van der Waals surface area contributed by atoms with Gasteiger partial charge in [0.25, 0.3) is 0 Å². The zero-order valence-corrected chi connectivity index (χ0v) is 6.85. The number of hydrogen-bond acceptors (Lipinski definition) is 3. The van der Waals surface area contributed by atoms with Gasteiger partial charge in [-0.15, -0.1) is 6.58 Å². The molecule has 0 fully saturated rings. The normalized spacial score (nSPS) is 16.7. The van der Waals surface area contributed by atoms with Crippen LogP contribution in [0.1, 0.15) is 0 Å². The summed E-state index contributed by atoms with van der Waals surface area (Å²) in [6.45, 7) is 5.25. The first-order valence-corrected chi connectivity index (χ1v) is 3.78. The fourth-order valence-corrected chi connectivity index (χ4v) is 1.09. The van der Waals surface area contributed by atoms with E-state index >= 15 is 0 Å². The summed E-state index contributed by atoms with van der Waals surface area (Å²) < 4.78 is 0. The Morgan fingerprint density at radius 1 is 1.75 bits per heavy atom. The summed E-state index contributed by atoms with van der Waals surface area (Å²) in [5.74, 6) is 0. The summed E-state index contributed by atoms with van der Waals surface area (Å²) in [6, 6.07) is 0. The first-order valence-electron chi connectivity index (χ1n) is 3.78. The lowest BCUT2D eigenvalue weighted by molar-refractivity contribution is 0.319. The molecular weight excluding hydrogens is 152 g/mol. The van der Waals surface area contributed by atoms with Crippen LogP contribution in [0.5, 0.6) is 0 Å². The van der Waals surface area contributed by atoms with E-state index in [4.69, 9.17) is 5.21 Å². The number of allylic oxidation sites excluding steroid dienone is 3. The van der Waals surface area contributed by atoms with Gasteiger partial charge in [-0.1, -0.05) is 23.4 Å². The van der Waals surface area contributed by atoms with E-state index < -0.39 is 0 Å². The van der Waals surface area contributed by atoms with E-state index in [9.17, 15) is 0 Å². The Bertz CT molecular complexity index is 239. The van der Waals surface area contributed by atoms with E-state index in [0.29, 0.717) is 0 Å². The first-order chi connectivity index (χ1) is 5.88. The van der Waals surface area contributed by atoms with E-state index in [-0.39, 0.29) is 0 Å². The van der Waals surface area contributed by atoms with E-state index in [2.05, 4.69) is 11.7 Å². The highest BCUT2D eigenvalue weighted by Gasteiger charge is 2.05. The van der Waals surface area contributed by atoms with Crippen molar-refractivity contribution in [2.75, 3.05) is 13.1 Å². The Hall–Kier alpha value is -1.51. The molecule has 1 aliphatic heterocycles. The molecule has 3 nitrogen and oxygen atoms in total. The van der Waals surface area contributed by atoms with Crippen LogP contribution < -0.4 is 0 Å². The number of oxime groups is 1. The van der Waals surface area contributed by atoms with Crippen molar-refractivity contribution in [1.82, 2.24) is 4.90 Å². The lowest BCUT2D eigenvalue weighted by Crippen LogP contribution is -2.25. The van der Waals surface area contributed by atoms with E-state index in [1.807, 2.05) is 29.2 Å². The molecule has 1 aliphatic rings. The summed E-state index contributed by atoms with van der Waals surface area (Å²) >= 11 is 0. The topological polar surface area (TPSA) is 35.8 Å². The summed E-state index contributed by atoms with van der Waals surface area (Å²) in [7, 11) is 0. The van der Waals surface area contributed by atoms with Crippen LogP contribution in [0.3, 0.4) is 0 Å². The van der Waals surface area contributed by atoms with Gasteiger partial charge in [0.15, 0.2) is 0 Å². The molecule has 0 saturated carbocycles. The molecule has 0 radical (unpaired) electrons. The molecule has 0 spiro atoms. The minimum Gasteiger partial charge on any atom is -0.411 e. The molecule has 1 N–H and O–H groups in total. The van der Waals surface area contributed by atoms with Crippen molar-refractivity contribution < 1.29 is 5.21 Å². The SMILES string of the molecule is C=CCN1CC=CC=C1C=NO. The van der Waals surface area contributed by atoms with Crippen LogP contribution in [-0.2, 0) is 0 Å². The average Bonchev–Trinajstić information content (AvgIpc) is 2.09. The van der Waals surface area contributed by atoms with Crippen molar-refractivity contribution in [2.45, 2.75) is 0 Å². The zero-order chi connectivity index (χ0) is 8.81. The van der Waals surface area contributed by atoms with Gasteiger partial charge < -0.3 is 10.1 Å². The minimum absolute atomic E-state index is 0.766. The largest absolute Gasteiger partial charge is 0.411 e. The van der Waals surface area contributed by atoms with Crippen molar-refractivity contribution in [3.05, 3.63) is 36.6 Å². The third-order valence-electron chi connectivity index (χ3n) is 1.63. The number of rotatable bonds is 3. The molecule has 1 rings (SSSR count). The maximum absolute atomic E-state index is 8.36. The Balaban J connectivity index is 2.68. The smallest absolute Gasteiger partial charge is 0.0895 e. The van der Waals surface area contributed by atoms with Crippen molar-refractivity contribution >= 4 is 6.21 Å². The molecule has 0 amide bonds. The summed E-state index contributed by atoms with van der Waals surface area (Å²) in [4.78, 5) is 2.05. The van der Waals surface area contributed by atoms with Crippen LogP contribution in [0.4, 0.5) is 0 Å². The van der Waals surface area contributed by atoms with Crippen LogP contribution in [0, 0.1) is 0 Å². The maximum Gasteiger partial charge on any atom is 0.0895 e. The third kappa shape index (κ3) is 1.99. The van der Waals surface area contributed by atoms with Crippen molar-refractivity contribution in [2.24, 2.45) is 5.16 Å². The molecule has 12 heavy (non-hydrogen) atoms. The van der Waals surface area contributed by atoms with Gasteiger partial charge in [-0.25, -0.2) is 0 Å². The standard InChI is InChI=1S/C9H12N2O/c1-2-6-11-7-4-3-5-9(11)8-10-12/h2-5,8,12H,1,6-7H2. The second kappa shape index (κ2) is 4.38. The second-order valence-electron chi connectivity index (χ2n) is 2.46. The third-order valence-corrected chi connectivity index (χ3v) is 1.63. The van der Waals surface area contributed by atoms with Crippen LogP contribution in [-0.4, -0.2) is 29.4 Å². The molecule has 0 aliphatic carbocycles. The summed E-state index contributed by atoms with van der Waals surface area (Å²) in [6.07, 6.45) is 9.12. The highest BCUT2D eigenvalue weighted by atomic mass is 16.4. The summed E-state index contributed by atoms with van der Waals surface area (Å²) in [5, 5.41) is 11.3. The molecule has 0 unspecified atom stereocenters. The van der Waals surface area contributed by atoms with Crippen LogP contribution >= 0.6 is 0 Å². The molecule has 0 aromatic heterocycles. The van der Waals surface area contributed by atoms with Gasteiger partial charge in [0, 0.05) is 13.1 Å². The monoisotopic (exact) mass is 164 g/mol. The quantitative estimate of drug-likeness (QED) is 0.296. The molecule has 0 aromatic carbocycles. The van der Waals surface area contributed by atoms with Crippen molar-refractivity contribution in [3.63, 3.8) is 0 Å². The van der Waals surface area contributed by atoms with Gasteiger partial charge in [0.2, 0.25) is 0 Å². The molecule has 1 heterocycles. The van der Waals surface area contributed by atoms with Gasteiger partial charge >= 0.3 is 0 Å². The number of nitrogens with zero attached hydrogens (tertiary/aromatic N) is 2. The van der Waals surface area contributed by atoms with E-state index in [0.717, 1.165) is 18.8 Å². The molecule has 0 bridgehead atoms. The van der Waals surface area contributed by atoms with Gasteiger partial charge in [-0.2, -0.15) is 0 Å². The molecule has 0 atom stereocenters. The number of hydrogen-bond donors (Lipinski definition) is 1. The highest BCUT2D eigenvalue weighted by molar-refractivity contribution is 5.78. The predicted octanol–water partition coefficient (Wildman–Crippen LogP) is 1.39. The summed E-state index contributed by atoms with van der Waals surface area (Å²) in [5.41, 5.74) is 0.903. The fourth-order valence-electron chi connectivity index (χ4n) is 1.09. The molecule has 64 valence electrons. The van der Waals surface area contributed by atoms with Crippen LogP contribution in [0.15, 0.2) is 41.7 Å². The van der Waals surface area contributed by atoms with Gasteiger partial charge in [0.1, 0.15) is 0 Å². The van der Waals surface area contributed by atoms with E-state index in [1.54, 1.807) is 0 Å². The van der Waals surface area contributed by atoms with Gasteiger partial charge in [-0.05, 0) is 6.08 Å². The Morgan fingerprint density at radius 3 is 3.25 bits per heavy atom. The molecule has 3 heteroatoms. The molecule has 0 saturated heterocycles.